The fourth-order valence-corrected chi connectivity index (χ4v) is 2.75. The van der Waals surface area contributed by atoms with E-state index in [1.807, 2.05) is 60.7 Å². The minimum absolute atomic E-state index is 0.106. The highest BCUT2D eigenvalue weighted by molar-refractivity contribution is 5.81. The van der Waals surface area contributed by atoms with E-state index in [2.05, 4.69) is 16.0 Å². The minimum atomic E-state index is -0.841. The van der Waals surface area contributed by atoms with Crippen molar-refractivity contribution in [2.75, 3.05) is 13.6 Å². The first-order valence-electron chi connectivity index (χ1n) is 10.2. The molecule has 8 nitrogen and oxygen atoms in total. The molecule has 31 heavy (non-hydrogen) atoms. The highest BCUT2D eigenvalue weighted by atomic mass is 16.6. The molecule has 3 amide bonds. The Morgan fingerprint density at radius 3 is 2.00 bits per heavy atom. The number of ether oxygens (including phenoxy) is 2. The maximum atomic E-state index is 12.6. The first-order chi connectivity index (χ1) is 15.1. The fourth-order valence-electron chi connectivity index (χ4n) is 2.75. The molecule has 8 heteroatoms. The van der Waals surface area contributed by atoms with Gasteiger partial charge in [0.1, 0.15) is 19.3 Å². The average Bonchev–Trinajstić information content (AvgIpc) is 2.81. The van der Waals surface area contributed by atoms with Crippen molar-refractivity contribution < 1.29 is 23.9 Å². The molecule has 166 valence electrons. The van der Waals surface area contributed by atoms with Gasteiger partial charge >= 0.3 is 18.1 Å². The summed E-state index contributed by atoms with van der Waals surface area (Å²) < 4.78 is 10.6. The normalized spacial score (nSPS) is 11.1. The lowest BCUT2D eigenvalue weighted by atomic mass is 10.1. The lowest BCUT2D eigenvalue weighted by Gasteiger charge is -2.18. The van der Waals surface area contributed by atoms with Crippen molar-refractivity contribution in [3.05, 3.63) is 71.8 Å². The Kier molecular flexibility index (Phi) is 10.4. The molecule has 0 saturated carbocycles. The fraction of sp³-hybridized carbons (Fsp3) is 0.348. The summed E-state index contributed by atoms with van der Waals surface area (Å²) in [6.45, 7) is 0.688. The lowest BCUT2D eigenvalue weighted by molar-refractivity contribution is -0.147. The summed E-state index contributed by atoms with van der Waals surface area (Å²) in [5, 5.41) is 7.75. The third-order valence-electron chi connectivity index (χ3n) is 4.45. The van der Waals surface area contributed by atoms with Gasteiger partial charge in [-0.1, -0.05) is 60.7 Å². The van der Waals surface area contributed by atoms with Crippen LogP contribution in [0.4, 0.5) is 9.59 Å². The minimum Gasteiger partial charge on any atom is -0.459 e. The quantitative estimate of drug-likeness (QED) is 0.377. The van der Waals surface area contributed by atoms with Gasteiger partial charge in [0.2, 0.25) is 0 Å². The Balaban J connectivity index is 1.84. The van der Waals surface area contributed by atoms with E-state index in [9.17, 15) is 14.4 Å². The van der Waals surface area contributed by atoms with Gasteiger partial charge < -0.3 is 25.4 Å². The molecule has 2 aromatic carbocycles. The van der Waals surface area contributed by atoms with E-state index in [0.717, 1.165) is 11.1 Å². The van der Waals surface area contributed by atoms with Crippen LogP contribution in [0.1, 0.15) is 30.4 Å². The maximum Gasteiger partial charge on any atom is 0.408 e. The standard InChI is InChI=1S/C23H29N3O5/c1-24-22(28)25-15-9-8-14-20(21(27)30-16-18-10-4-2-5-11-18)26-23(29)31-17-19-12-6-3-7-13-19/h2-7,10-13,20H,8-9,14-17H2,1H3,(H,26,29)(H2,24,25,28)/t20-/m0/s1. The molecule has 2 rings (SSSR count). The summed E-state index contributed by atoms with van der Waals surface area (Å²) in [4.78, 5) is 36.0. The summed E-state index contributed by atoms with van der Waals surface area (Å²) in [5.74, 6) is -0.528. The maximum absolute atomic E-state index is 12.6. The molecule has 1 atom stereocenters. The molecular weight excluding hydrogens is 398 g/mol. The van der Waals surface area contributed by atoms with Crippen LogP contribution in [-0.4, -0.2) is 37.7 Å². The zero-order valence-electron chi connectivity index (χ0n) is 17.6. The number of nitrogens with one attached hydrogen (secondary N) is 3. The Hall–Kier alpha value is -3.55. The number of benzene rings is 2. The van der Waals surface area contributed by atoms with E-state index >= 15 is 0 Å². The molecule has 0 unspecified atom stereocenters. The molecule has 0 aliphatic heterocycles. The summed E-state index contributed by atoms with van der Waals surface area (Å²) in [5.41, 5.74) is 1.71. The SMILES string of the molecule is CNC(=O)NCCCC[C@H](NC(=O)OCc1ccccc1)C(=O)OCc1ccccc1. The van der Waals surface area contributed by atoms with Crippen LogP contribution in [-0.2, 0) is 27.5 Å². The second-order valence-corrected chi connectivity index (χ2v) is 6.85. The van der Waals surface area contributed by atoms with Crippen molar-refractivity contribution in [2.45, 2.75) is 38.5 Å². The van der Waals surface area contributed by atoms with Crippen molar-refractivity contribution in [2.24, 2.45) is 0 Å². The summed E-state index contributed by atoms with van der Waals surface area (Å²) in [6, 6.07) is 17.5. The second-order valence-electron chi connectivity index (χ2n) is 6.85. The predicted molar refractivity (Wildman–Crippen MR) is 116 cm³/mol. The van der Waals surface area contributed by atoms with Crippen LogP contribution in [0.5, 0.6) is 0 Å². The smallest absolute Gasteiger partial charge is 0.408 e. The monoisotopic (exact) mass is 427 g/mol. The number of amides is 3. The third kappa shape index (κ3) is 9.66. The van der Waals surface area contributed by atoms with Gasteiger partial charge in [-0.3, -0.25) is 0 Å². The van der Waals surface area contributed by atoms with Gasteiger partial charge in [-0.2, -0.15) is 0 Å². The number of alkyl carbamates (subject to hydrolysis) is 1. The number of carbonyl (C=O) groups is 3. The van der Waals surface area contributed by atoms with E-state index in [0.29, 0.717) is 25.8 Å². The van der Waals surface area contributed by atoms with Crippen LogP contribution in [0, 0.1) is 0 Å². The van der Waals surface area contributed by atoms with Gasteiger partial charge in [-0.25, -0.2) is 14.4 Å². The number of unbranched alkanes of at least 4 members (excludes halogenated alkanes) is 1. The Morgan fingerprint density at radius 1 is 0.839 bits per heavy atom. The molecule has 0 radical (unpaired) electrons. The number of hydrogen-bond donors (Lipinski definition) is 3. The van der Waals surface area contributed by atoms with Gasteiger partial charge in [-0.05, 0) is 30.4 Å². The van der Waals surface area contributed by atoms with Crippen LogP contribution in [0.2, 0.25) is 0 Å². The van der Waals surface area contributed by atoms with Crippen molar-refractivity contribution in [1.82, 2.24) is 16.0 Å². The lowest BCUT2D eigenvalue weighted by Crippen LogP contribution is -2.42. The van der Waals surface area contributed by atoms with Gasteiger partial charge in [0.15, 0.2) is 0 Å². The van der Waals surface area contributed by atoms with Crippen LogP contribution >= 0.6 is 0 Å². The van der Waals surface area contributed by atoms with Crippen LogP contribution in [0.15, 0.2) is 60.7 Å². The van der Waals surface area contributed by atoms with Crippen molar-refractivity contribution >= 4 is 18.1 Å². The van der Waals surface area contributed by atoms with Crippen molar-refractivity contribution in [3.8, 4) is 0 Å². The second kappa shape index (κ2) is 13.6. The Labute approximate surface area is 182 Å². The molecule has 0 bridgehead atoms. The first kappa shape index (κ1) is 23.7. The molecule has 0 spiro atoms. The molecule has 3 N–H and O–H groups in total. The highest BCUT2D eigenvalue weighted by Gasteiger charge is 2.23. The highest BCUT2D eigenvalue weighted by Crippen LogP contribution is 2.08. The van der Waals surface area contributed by atoms with Crippen molar-refractivity contribution in [3.63, 3.8) is 0 Å². The van der Waals surface area contributed by atoms with E-state index in [1.165, 1.54) is 0 Å². The number of carbonyl (C=O) groups excluding carboxylic acids is 3. The van der Waals surface area contributed by atoms with E-state index in [-0.39, 0.29) is 19.2 Å². The molecule has 0 saturated heterocycles. The van der Waals surface area contributed by atoms with Gasteiger partial charge in [0, 0.05) is 13.6 Å². The van der Waals surface area contributed by atoms with Crippen molar-refractivity contribution in [1.29, 1.82) is 0 Å². The summed E-state index contributed by atoms with van der Waals surface area (Å²) in [7, 11) is 1.54. The van der Waals surface area contributed by atoms with Crippen LogP contribution in [0.25, 0.3) is 0 Å². The van der Waals surface area contributed by atoms with Crippen LogP contribution < -0.4 is 16.0 Å². The van der Waals surface area contributed by atoms with E-state index in [1.54, 1.807) is 7.05 Å². The van der Waals surface area contributed by atoms with Gasteiger partial charge in [0.25, 0.3) is 0 Å². The number of hydrogen-bond acceptors (Lipinski definition) is 5. The summed E-state index contributed by atoms with van der Waals surface area (Å²) >= 11 is 0. The number of rotatable bonds is 11. The van der Waals surface area contributed by atoms with Gasteiger partial charge in [-0.15, -0.1) is 0 Å². The number of urea groups is 1. The average molecular weight is 428 g/mol. The first-order valence-corrected chi connectivity index (χ1v) is 10.2. The third-order valence-corrected chi connectivity index (χ3v) is 4.45. The van der Waals surface area contributed by atoms with Crippen LogP contribution in [0.3, 0.4) is 0 Å². The Morgan fingerprint density at radius 2 is 1.42 bits per heavy atom. The van der Waals surface area contributed by atoms with E-state index in [4.69, 9.17) is 9.47 Å². The predicted octanol–water partition coefficient (Wildman–Crippen LogP) is 3.12. The Bertz CT molecular complexity index is 814. The number of esters is 1. The zero-order valence-corrected chi connectivity index (χ0v) is 17.6. The topological polar surface area (TPSA) is 106 Å². The largest absolute Gasteiger partial charge is 0.459 e. The molecule has 0 aliphatic rings. The molecule has 0 aromatic heterocycles. The molecule has 2 aromatic rings. The van der Waals surface area contributed by atoms with Gasteiger partial charge in [0.05, 0.1) is 0 Å². The molecule has 0 fully saturated rings. The summed E-state index contributed by atoms with van der Waals surface area (Å²) in [6.07, 6.45) is 0.933. The molecule has 0 heterocycles. The zero-order chi connectivity index (χ0) is 22.3. The van der Waals surface area contributed by atoms with E-state index < -0.39 is 18.1 Å². The molecule has 0 aliphatic carbocycles. The molecular formula is C23H29N3O5.